The highest BCUT2D eigenvalue weighted by atomic mass is 16.3. The predicted molar refractivity (Wildman–Crippen MR) is 42.9 cm³/mol. The summed E-state index contributed by atoms with van der Waals surface area (Å²) in [4.78, 5) is 10.5. The van der Waals surface area contributed by atoms with Gasteiger partial charge in [0, 0.05) is 6.54 Å². The lowest BCUT2D eigenvalue weighted by molar-refractivity contribution is -0.120. The van der Waals surface area contributed by atoms with Crippen LogP contribution < -0.4 is 11.1 Å². The van der Waals surface area contributed by atoms with Gasteiger partial charge in [0.15, 0.2) is 0 Å². The minimum atomic E-state index is -0.660. The molecule has 0 bridgehead atoms. The molecule has 0 saturated carbocycles. The highest BCUT2D eigenvalue weighted by molar-refractivity contribution is 5.79. The number of hydrogen-bond donors (Lipinski definition) is 3. The third-order valence-electron chi connectivity index (χ3n) is 1.18. The predicted octanol–water partition coefficient (Wildman–Crippen LogP) is -1.00. The van der Waals surface area contributed by atoms with Gasteiger partial charge in [0.05, 0.1) is 6.61 Å². The Labute approximate surface area is 66.1 Å². The van der Waals surface area contributed by atoms with Gasteiger partial charge in [0.25, 0.3) is 0 Å². The van der Waals surface area contributed by atoms with Crippen molar-refractivity contribution in [1.29, 1.82) is 0 Å². The zero-order chi connectivity index (χ0) is 8.85. The maximum absolute atomic E-state index is 10.5. The number of primary amides is 1. The first kappa shape index (κ1) is 10.1. The molecule has 4 heteroatoms. The summed E-state index contributed by atoms with van der Waals surface area (Å²) < 4.78 is 0. The number of amides is 1. The van der Waals surface area contributed by atoms with Gasteiger partial charge in [-0.15, -0.1) is 0 Å². The third kappa shape index (κ3) is 4.52. The molecule has 4 nitrogen and oxygen atoms in total. The summed E-state index contributed by atoms with van der Waals surface area (Å²) in [5.41, 5.74) is 5.84. The summed E-state index contributed by atoms with van der Waals surface area (Å²) in [7, 11) is 0. The van der Waals surface area contributed by atoms with E-state index < -0.39 is 11.9 Å². The van der Waals surface area contributed by atoms with Gasteiger partial charge in [-0.3, -0.25) is 4.79 Å². The molecule has 4 N–H and O–H groups in total. The van der Waals surface area contributed by atoms with Gasteiger partial charge >= 0.3 is 0 Å². The summed E-state index contributed by atoms with van der Waals surface area (Å²) in [6.45, 7) is 5.67. The second-order valence-electron chi connectivity index (χ2n) is 2.48. The number of hydrogen-bond acceptors (Lipinski definition) is 3. The Balaban J connectivity index is 3.70. The maximum Gasteiger partial charge on any atom is 0.236 e. The molecule has 0 spiro atoms. The summed E-state index contributed by atoms with van der Waals surface area (Å²) in [5.74, 6) is -0.547. The zero-order valence-corrected chi connectivity index (χ0v) is 6.63. The molecule has 0 fully saturated rings. The maximum atomic E-state index is 10.5. The molecule has 0 aliphatic rings. The molecule has 0 aromatic carbocycles. The molecule has 0 aromatic heterocycles. The van der Waals surface area contributed by atoms with Crippen LogP contribution in [-0.4, -0.2) is 30.2 Å². The fourth-order valence-electron chi connectivity index (χ4n) is 0.553. The highest BCUT2D eigenvalue weighted by Crippen LogP contribution is 1.85. The number of carbonyl (C=O) groups excluding carboxylic acids is 1. The normalized spacial score (nSPS) is 12.5. The summed E-state index contributed by atoms with van der Waals surface area (Å²) >= 11 is 0. The second-order valence-corrected chi connectivity index (χ2v) is 2.48. The molecular formula is C7H14N2O2. The van der Waals surface area contributed by atoms with Crippen molar-refractivity contribution >= 4 is 5.91 Å². The molecule has 0 saturated heterocycles. The topological polar surface area (TPSA) is 75.3 Å². The minimum Gasteiger partial charge on any atom is -0.394 e. The molecule has 0 radical (unpaired) electrons. The lowest BCUT2D eigenvalue weighted by Crippen LogP contribution is -2.44. The van der Waals surface area contributed by atoms with Crippen LogP contribution in [0.5, 0.6) is 0 Å². The molecule has 0 rings (SSSR count). The fourth-order valence-corrected chi connectivity index (χ4v) is 0.553. The Morgan fingerprint density at radius 3 is 2.64 bits per heavy atom. The van der Waals surface area contributed by atoms with Crippen LogP contribution in [0.4, 0.5) is 0 Å². The first-order chi connectivity index (χ1) is 5.07. The number of aliphatic hydroxyl groups excluding tert-OH is 1. The molecular weight excluding hydrogens is 144 g/mol. The molecule has 0 heterocycles. The van der Waals surface area contributed by atoms with Gasteiger partial charge in [-0.05, 0) is 6.92 Å². The molecule has 1 unspecified atom stereocenters. The van der Waals surface area contributed by atoms with E-state index in [0.717, 1.165) is 5.57 Å². The van der Waals surface area contributed by atoms with Crippen LogP contribution in [0.2, 0.25) is 0 Å². The first-order valence-electron chi connectivity index (χ1n) is 3.36. The van der Waals surface area contributed by atoms with E-state index in [9.17, 15) is 4.79 Å². The van der Waals surface area contributed by atoms with Crippen LogP contribution in [-0.2, 0) is 4.79 Å². The summed E-state index contributed by atoms with van der Waals surface area (Å²) in [6, 6.07) is -0.660. The van der Waals surface area contributed by atoms with Gasteiger partial charge in [0.2, 0.25) is 5.91 Å². The molecule has 0 aromatic rings. The molecule has 11 heavy (non-hydrogen) atoms. The smallest absolute Gasteiger partial charge is 0.236 e. The lowest BCUT2D eigenvalue weighted by atomic mass is 10.2. The van der Waals surface area contributed by atoms with E-state index in [2.05, 4.69) is 11.9 Å². The van der Waals surface area contributed by atoms with Crippen molar-refractivity contribution in [2.75, 3.05) is 13.2 Å². The standard InChI is InChI=1S/C7H14N2O2/c1-5(2)3-9-6(4-10)7(8)11/h6,9-10H,1,3-4H2,2H3,(H2,8,11). The van der Waals surface area contributed by atoms with Gasteiger partial charge in [0.1, 0.15) is 6.04 Å². The molecule has 1 atom stereocenters. The average molecular weight is 158 g/mol. The van der Waals surface area contributed by atoms with Gasteiger partial charge in [-0.2, -0.15) is 0 Å². The Morgan fingerprint density at radius 2 is 2.36 bits per heavy atom. The van der Waals surface area contributed by atoms with Gasteiger partial charge < -0.3 is 16.2 Å². The molecule has 64 valence electrons. The molecule has 0 aliphatic carbocycles. The van der Waals surface area contributed by atoms with E-state index >= 15 is 0 Å². The zero-order valence-electron chi connectivity index (χ0n) is 6.63. The number of nitrogens with one attached hydrogen (secondary N) is 1. The van der Waals surface area contributed by atoms with Crippen molar-refractivity contribution in [1.82, 2.24) is 5.32 Å². The Hall–Kier alpha value is -0.870. The SMILES string of the molecule is C=C(C)CNC(CO)C(N)=O. The number of aliphatic hydroxyl groups is 1. The summed E-state index contributed by atoms with van der Waals surface area (Å²) in [6.07, 6.45) is 0. The van der Waals surface area contributed by atoms with E-state index in [1.54, 1.807) is 0 Å². The van der Waals surface area contributed by atoms with Crippen LogP contribution in [0, 0.1) is 0 Å². The van der Waals surface area contributed by atoms with E-state index in [4.69, 9.17) is 10.8 Å². The van der Waals surface area contributed by atoms with Gasteiger partial charge in [-0.25, -0.2) is 0 Å². The van der Waals surface area contributed by atoms with Crippen molar-refractivity contribution < 1.29 is 9.90 Å². The minimum absolute atomic E-state index is 0.275. The second kappa shape index (κ2) is 4.87. The molecule has 0 aliphatic heterocycles. The van der Waals surface area contributed by atoms with Crippen molar-refractivity contribution in [2.24, 2.45) is 5.73 Å². The van der Waals surface area contributed by atoms with Crippen LogP contribution in [0.1, 0.15) is 6.92 Å². The Kier molecular flexibility index (Phi) is 4.49. The number of rotatable bonds is 5. The monoisotopic (exact) mass is 158 g/mol. The first-order valence-corrected chi connectivity index (χ1v) is 3.36. The Morgan fingerprint density at radius 1 is 1.82 bits per heavy atom. The lowest BCUT2D eigenvalue weighted by Gasteiger charge is -2.11. The number of nitrogens with two attached hydrogens (primary N) is 1. The van der Waals surface area contributed by atoms with E-state index in [-0.39, 0.29) is 6.61 Å². The van der Waals surface area contributed by atoms with Crippen LogP contribution in [0.15, 0.2) is 12.2 Å². The van der Waals surface area contributed by atoms with Crippen LogP contribution in [0.3, 0.4) is 0 Å². The largest absolute Gasteiger partial charge is 0.394 e. The van der Waals surface area contributed by atoms with Crippen molar-refractivity contribution in [3.05, 3.63) is 12.2 Å². The third-order valence-corrected chi connectivity index (χ3v) is 1.18. The van der Waals surface area contributed by atoms with E-state index in [1.165, 1.54) is 0 Å². The van der Waals surface area contributed by atoms with Crippen molar-refractivity contribution in [3.63, 3.8) is 0 Å². The Bertz CT molecular complexity index is 157. The number of carbonyl (C=O) groups is 1. The van der Waals surface area contributed by atoms with Crippen LogP contribution >= 0.6 is 0 Å². The molecule has 1 amide bonds. The van der Waals surface area contributed by atoms with Crippen molar-refractivity contribution in [3.8, 4) is 0 Å². The highest BCUT2D eigenvalue weighted by Gasteiger charge is 2.11. The van der Waals surface area contributed by atoms with E-state index in [0.29, 0.717) is 6.54 Å². The van der Waals surface area contributed by atoms with Crippen molar-refractivity contribution in [2.45, 2.75) is 13.0 Å². The van der Waals surface area contributed by atoms with E-state index in [1.807, 2.05) is 6.92 Å². The summed E-state index contributed by atoms with van der Waals surface area (Å²) in [5, 5.41) is 11.4. The average Bonchev–Trinajstić information content (AvgIpc) is 1.87. The fraction of sp³-hybridized carbons (Fsp3) is 0.571. The quantitative estimate of drug-likeness (QED) is 0.449. The van der Waals surface area contributed by atoms with Crippen LogP contribution in [0.25, 0.3) is 0 Å². The van der Waals surface area contributed by atoms with Gasteiger partial charge in [-0.1, -0.05) is 12.2 Å².